The van der Waals surface area contributed by atoms with Gasteiger partial charge in [0, 0.05) is 7.11 Å². The Kier molecular flexibility index (Phi) is 8.35. The molecule has 2 aromatic rings. The molecule has 11 heteroatoms. The number of nitrogen functional groups attached to an aromatic ring is 1. The summed E-state index contributed by atoms with van der Waals surface area (Å²) >= 11 is 0. The number of rotatable bonds is 5. The number of nitrogens with zero attached hydrogens (tertiary/aromatic N) is 3. The fourth-order valence-electron chi connectivity index (χ4n) is 2.74. The van der Waals surface area contributed by atoms with Crippen LogP contribution in [0.4, 0.5) is 10.6 Å². The Morgan fingerprint density at radius 2 is 2.03 bits per heavy atom. The van der Waals surface area contributed by atoms with Gasteiger partial charge in [-0.1, -0.05) is 20.8 Å². The van der Waals surface area contributed by atoms with Crippen LogP contribution >= 0.6 is 0 Å². The Morgan fingerprint density at radius 1 is 1.33 bits per heavy atom. The number of aliphatic hydroxyl groups excluding tert-OH is 1. The van der Waals surface area contributed by atoms with Crippen LogP contribution in [0.5, 0.6) is 0 Å². The summed E-state index contributed by atoms with van der Waals surface area (Å²) in [5.41, 5.74) is 7.44. The number of fused-ring (bicyclic) bond motifs is 1. The molecule has 1 aliphatic rings. The molecular formula is C19H30N4O7. The van der Waals surface area contributed by atoms with E-state index in [2.05, 4.69) is 14.8 Å². The summed E-state index contributed by atoms with van der Waals surface area (Å²) in [5.74, 6) is 0.431. The minimum atomic E-state index is -1.62. The number of carbonyl (C=O) groups is 1. The number of ether oxygens (including phenoxy) is 4. The number of carbonyl (C=O) groups excluding carboxylic acids is 1. The first-order valence-corrected chi connectivity index (χ1v) is 9.53. The van der Waals surface area contributed by atoms with Gasteiger partial charge in [-0.2, -0.15) is 5.10 Å². The maximum Gasteiger partial charge on any atom is 0.508 e. The van der Waals surface area contributed by atoms with Crippen molar-refractivity contribution in [3.63, 3.8) is 0 Å². The minimum Gasteiger partial charge on any atom is -0.434 e. The van der Waals surface area contributed by atoms with E-state index < -0.39 is 12.6 Å². The first-order chi connectivity index (χ1) is 14.1. The van der Waals surface area contributed by atoms with E-state index in [1.54, 1.807) is 4.52 Å². The minimum absolute atomic E-state index is 0.0895. The summed E-state index contributed by atoms with van der Waals surface area (Å²) in [5, 5.41) is 19.6. The zero-order chi connectivity index (χ0) is 22.3. The normalized spacial score (nSPS) is 18.9. The molecule has 0 radical (unpaired) electrons. The first kappa shape index (κ1) is 23.8. The molecule has 1 saturated heterocycles. The molecule has 3 heterocycles. The average molecular weight is 426 g/mol. The third-order valence-corrected chi connectivity index (χ3v) is 4.17. The topological polar surface area (TPSA) is 151 Å². The summed E-state index contributed by atoms with van der Waals surface area (Å²) in [6.45, 7) is 4.85. The summed E-state index contributed by atoms with van der Waals surface area (Å²) in [6, 6.07) is 3.81. The van der Waals surface area contributed by atoms with Crippen molar-refractivity contribution in [3.8, 4) is 0 Å². The summed E-state index contributed by atoms with van der Waals surface area (Å²) < 4.78 is 21.8. The van der Waals surface area contributed by atoms with Gasteiger partial charge in [0.05, 0.1) is 18.4 Å². The van der Waals surface area contributed by atoms with Crippen molar-refractivity contribution in [2.24, 2.45) is 5.41 Å². The number of nitrogens with two attached hydrogens (primary N) is 1. The lowest BCUT2D eigenvalue weighted by atomic mass is 9.99. The van der Waals surface area contributed by atoms with Gasteiger partial charge in [0.1, 0.15) is 24.6 Å². The van der Waals surface area contributed by atoms with E-state index in [1.807, 2.05) is 32.9 Å². The highest BCUT2D eigenvalue weighted by atomic mass is 16.7. The summed E-state index contributed by atoms with van der Waals surface area (Å²) in [7, 11) is 1.20. The van der Waals surface area contributed by atoms with Crippen LogP contribution in [0, 0.1) is 5.41 Å². The van der Waals surface area contributed by atoms with Crippen molar-refractivity contribution in [2.45, 2.75) is 52.3 Å². The molecule has 0 aromatic carbocycles. The van der Waals surface area contributed by atoms with Crippen molar-refractivity contribution >= 4 is 17.5 Å². The van der Waals surface area contributed by atoms with Crippen molar-refractivity contribution in [1.29, 1.82) is 0 Å². The van der Waals surface area contributed by atoms with Gasteiger partial charge in [0.25, 0.3) is 6.48 Å². The van der Waals surface area contributed by atoms with Crippen LogP contribution in [0.1, 0.15) is 45.4 Å². The molecule has 30 heavy (non-hydrogen) atoms. The molecule has 1 aliphatic heterocycles. The van der Waals surface area contributed by atoms with E-state index in [-0.39, 0.29) is 24.2 Å². The molecule has 2 unspecified atom stereocenters. The van der Waals surface area contributed by atoms with Gasteiger partial charge in [-0.25, -0.2) is 14.3 Å². The lowest BCUT2D eigenvalue weighted by Crippen LogP contribution is -2.22. The van der Waals surface area contributed by atoms with Gasteiger partial charge in [0.2, 0.25) is 0 Å². The highest BCUT2D eigenvalue weighted by molar-refractivity contribution is 5.65. The zero-order valence-corrected chi connectivity index (χ0v) is 17.6. The molecule has 3 rings (SSSR count). The van der Waals surface area contributed by atoms with Crippen molar-refractivity contribution < 1.29 is 34.0 Å². The van der Waals surface area contributed by atoms with Crippen LogP contribution in [0.25, 0.3) is 5.52 Å². The van der Waals surface area contributed by atoms with Crippen LogP contribution in [0.2, 0.25) is 0 Å². The zero-order valence-electron chi connectivity index (χ0n) is 17.6. The number of aromatic nitrogens is 3. The molecule has 11 nitrogen and oxygen atoms in total. The molecule has 0 spiro atoms. The van der Waals surface area contributed by atoms with Crippen LogP contribution in [0.15, 0.2) is 18.5 Å². The largest absolute Gasteiger partial charge is 0.508 e. The van der Waals surface area contributed by atoms with Gasteiger partial charge in [-0.15, -0.1) is 0 Å². The first-order valence-electron chi connectivity index (χ1n) is 9.53. The van der Waals surface area contributed by atoms with Gasteiger partial charge in [-0.3, -0.25) is 0 Å². The average Bonchev–Trinajstić information content (AvgIpc) is 3.32. The Balaban J connectivity index is 0.000000575. The Hall–Kier alpha value is -2.47. The van der Waals surface area contributed by atoms with Crippen molar-refractivity contribution in [1.82, 2.24) is 14.6 Å². The Bertz CT molecular complexity index is 819. The predicted molar refractivity (Wildman–Crippen MR) is 106 cm³/mol. The molecule has 0 bridgehead atoms. The van der Waals surface area contributed by atoms with E-state index in [1.165, 1.54) is 13.4 Å². The van der Waals surface area contributed by atoms with Crippen LogP contribution in [0.3, 0.4) is 0 Å². The van der Waals surface area contributed by atoms with E-state index >= 15 is 0 Å². The molecule has 0 aliphatic carbocycles. The van der Waals surface area contributed by atoms with Gasteiger partial charge >= 0.3 is 6.16 Å². The highest BCUT2D eigenvalue weighted by Gasteiger charge is 2.30. The maximum atomic E-state index is 11.6. The van der Waals surface area contributed by atoms with Gasteiger partial charge in [0.15, 0.2) is 5.82 Å². The quantitative estimate of drug-likeness (QED) is 0.475. The molecule has 0 saturated carbocycles. The Morgan fingerprint density at radius 3 is 2.67 bits per heavy atom. The second kappa shape index (κ2) is 10.5. The van der Waals surface area contributed by atoms with Crippen LogP contribution in [-0.2, 0) is 18.9 Å². The third-order valence-electron chi connectivity index (χ3n) is 4.17. The van der Waals surface area contributed by atoms with E-state index in [0.29, 0.717) is 12.4 Å². The number of anilines is 1. The molecule has 0 amide bonds. The maximum absolute atomic E-state index is 11.6. The van der Waals surface area contributed by atoms with Crippen molar-refractivity contribution in [3.05, 3.63) is 24.2 Å². The standard InChI is InChI=1S/C17H24N4O4.C2H6O3/c1-17(2,3)9-24-16(22)23-8-11-4-7-14(25-11)12-5-6-13-15(18)19-10-20-21(12)13;1-5-2(3)4/h5-6,10-11,14H,4,7-9H2,1-3H3,(H2,18,19,20);2-4H,1H3. The number of methoxy groups -OCH3 is 1. The van der Waals surface area contributed by atoms with E-state index in [0.717, 1.165) is 24.1 Å². The predicted octanol–water partition coefficient (Wildman–Crippen LogP) is 1.63. The summed E-state index contributed by atoms with van der Waals surface area (Å²) in [6.07, 6.45) is 2.11. The number of hydrogen-bond donors (Lipinski definition) is 3. The van der Waals surface area contributed by atoms with Gasteiger partial charge in [-0.05, 0) is 30.4 Å². The highest BCUT2D eigenvalue weighted by Crippen LogP contribution is 2.34. The SMILES string of the molecule is CC(C)(C)COC(=O)OCC1CCC(c2ccc3c(N)ncnn23)O1.COC(O)O. The molecule has 2 atom stereocenters. The third kappa shape index (κ3) is 7.10. The molecule has 4 N–H and O–H groups in total. The fourth-order valence-corrected chi connectivity index (χ4v) is 2.74. The second-order valence-electron chi connectivity index (χ2n) is 8.00. The second-order valence-corrected chi connectivity index (χ2v) is 8.00. The van der Waals surface area contributed by atoms with Crippen LogP contribution in [-0.4, -0.2) is 63.9 Å². The smallest absolute Gasteiger partial charge is 0.434 e. The molecule has 1 fully saturated rings. The van der Waals surface area contributed by atoms with Crippen LogP contribution < -0.4 is 5.73 Å². The van der Waals surface area contributed by atoms with E-state index in [9.17, 15) is 4.79 Å². The monoisotopic (exact) mass is 426 g/mol. The molecule has 168 valence electrons. The number of aliphatic hydroxyl groups is 2. The Labute approximate surface area is 174 Å². The lowest BCUT2D eigenvalue weighted by molar-refractivity contribution is -0.218. The molecular weight excluding hydrogens is 396 g/mol. The lowest BCUT2D eigenvalue weighted by Gasteiger charge is -2.18. The van der Waals surface area contributed by atoms with E-state index in [4.69, 9.17) is 30.2 Å². The fraction of sp³-hybridized carbons (Fsp3) is 0.632. The van der Waals surface area contributed by atoms with Crippen molar-refractivity contribution in [2.75, 3.05) is 26.1 Å². The van der Waals surface area contributed by atoms with Gasteiger partial charge < -0.3 is 34.9 Å². The number of hydrogen-bond acceptors (Lipinski definition) is 10. The summed E-state index contributed by atoms with van der Waals surface area (Å²) in [4.78, 5) is 15.6. The molecule has 2 aromatic heterocycles.